The second-order valence-corrected chi connectivity index (χ2v) is 7.14. The predicted octanol–water partition coefficient (Wildman–Crippen LogP) is 4.12. The molecule has 2 heterocycles. The van der Waals surface area contributed by atoms with E-state index >= 15 is 0 Å². The van der Waals surface area contributed by atoms with Crippen molar-refractivity contribution in [3.8, 4) is 5.75 Å². The maximum Gasteiger partial charge on any atom is 0.119 e. The molecule has 4 heteroatoms. The second-order valence-electron chi connectivity index (χ2n) is 6.11. The van der Waals surface area contributed by atoms with E-state index in [4.69, 9.17) is 9.47 Å². The van der Waals surface area contributed by atoms with Crippen LogP contribution in [0.4, 0.5) is 0 Å². The molecule has 0 amide bonds. The summed E-state index contributed by atoms with van der Waals surface area (Å²) < 4.78 is 11.7. The van der Waals surface area contributed by atoms with Crippen molar-refractivity contribution < 1.29 is 9.47 Å². The Morgan fingerprint density at radius 1 is 1.26 bits per heavy atom. The van der Waals surface area contributed by atoms with E-state index in [0.717, 1.165) is 32.0 Å². The normalized spacial score (nSPS) is 17.7. The summed E-state index contributed by atoms with van der Waals surface area (Å²) in [5.41, 5.74) is 1.26. The van der Waals surface area contributed by atoms with Gasteiger partial charge in [-0.2, -0.15) is 0 Å². The maximum atomic E-state index is 5.90. The monoisotopic (exact) mass is 331 g/mol. The Labute approximate surface area is 142 Å². The molecule has 1 unspecified atom stereocenters. The lowest BCUT2D eigenvalue weighted by Gasteiger charge is -2.24. The molecular formula is C19H25NO2S. The van der Waals surface area contributed by atoms with E-state index in [1.165, 1.54) is 23.3 Å². The fraction of sp³-hybridized carbons (Fsp3) is 0.474. The van der Waals surface area contributed by atoms with Gasteiger partial charge in [-0.05, 0) is 43.3 Å². The highest BCUT2D eigenvalue weighted by Gasteiger charge is 2.19. The van der Waals surface area contributed by atoms with Gasteiger partial charge in [0, 0.05) is 31.1 Å². The first-order chi connectivity index (χ1) is 11.3. The minimum atomic E-state index is 0.384. The molecule has 23 heavy (non-hydrogen) atoms. The quantitative estimate of drug-likeness (QED) is 0.726. The lowest BCUT2D eigenvalue weighted by Crippen LogP contribution is -2.34. The molecule has 3 nitrogen and oxygen atoms in total. The van der Waals surface area contributed by atoms with E-state index < -0.39 is 0 Å². The van der Waals surface area contributed by atoms with Crippen LogP contribution in [0.2, 0.25) is 0 Å². The van der Waals surface area contributed by atoms with Crippen LogP contribution in [-0.4, -0.2) is 37.3 Å². The molecule has 0 aliphatic carbocycles. The Kier molecular flexibility index (Phi) is 6.08. The highest BCUT2D eigenvalue weighted by Crippen LogP contribution is 2.17. The van der Waals surface area contributed by atoms with Crippen molar-refractivity contribution in [3.05, 3.63) is 52.2 Å². The third kappa shape index (κ3) is 5.34. The average Bonchev–Trinajstić information content (AvgIpc) is 3.23. The van der Waals surface area contributed by atoms with Crippen LogP contribution in [-0.2, 0) is 11.3 Å². The highest BCUT2D eigenvalue weighted by molar-refractivity contribution is 7.09. The van der Waals surface area contributed by atoms with Gasteiger partial charge in [0.05, 0.1) is 6.10 Å². The van der Waals surface area contributed by atoms with Crippen LogP contribution in [0, 0.1) is 6.92 Å². The van der Waals surface area contributed by atoms with Crippen molar-refractivity contribution in [1.29, 1.82) is 0 Å². The SMILES string of the molecule is Cc1ccc(OCCN(Cc2cccs2)CC2CCCO2)cc1. The summed E-state index contributed by atoms with van der Waals surface area (Å²) in [6.45, 7) is 6.61. The molecule has 1 saturated heterocycles. The molecule has 0 spiro atoms. The molecular weight excluding hydrogens is 306 g/mol. The molecule has 1 aliphatic heterocycles. The Bertz CT molecular complexity index is 562. The molecule has 0 saturated carbocycles. The van der Waals surface area contributed by atoms with Gasteiger partial charge in [-0.1, -0.05) is 23.8 Å². The molecule has 1 fully saturated rings. The van der Waals surface area contributed by atoms with Crippen LogP contribution in [0.5, 0.6) is 5.75 Å². The van der Waals surface area contributed by atoms with Crippen molar-refractivity contribution >= 4 is 11.3 Å². The number of benzene rings is 1. The fourth-order valence-electron chi connectivity index (χ4n) is 2.86. The van der Waals surface area contributed by atoms with Crippen LogP contribution in [0.1, 0.15) is 23.3 Å². The molecule has 1 aromatic heterocycles. The topological polar surface area (TPSA) is 21.7 Å². The van der Waals surface area contributed by atoms with Gasteiger partial charge in [0.2, 0.25) is 0 Å². The fourth-order valence-corrected chi connectivity index (χ4v) is 3.61. The third-order valence-electron chi connectivity index (χ3n) is 4.14. The first kappa shape index (κ1) is 16.5. The van der Waals surface area contributed by atoms with Gasteiger partial charge in [0.1, 0.15) is 12.4 Å². The van der Waals surface area contributed by atoms with Gasteiger partial charge in [0.25, 0.3) is 0 Å². The van der Waals surface area contributed by atoms with Gasteiger partial charge < -0.3 is 9.47 Å². The largest absolute Gasteiger partial charge is 0.492 e. The van der Waals surface area contributed by atoms with Crippen molar-refractivity contribution in [1.82, 2.24) is 4.90 Å². The van der Waals surface area contributed by atoms with Crippen molar-refractivity contribution in [2.45, 2.75) is 32.4 Å². The highest BCUT2D eigenvalue weighted by atomic mass is 32.1. The number of hydrogen-bond donors (Lipinski definition) is 0. The molecule has 1 aromatic carbocycles. The number of rotatable bonds is 8. The van der Waals surface area contributed by atoms with Crippen molar-refractivity contribution in [3.63, 3.8) is 0 Å². The van der Waals surface area contributed by atoms with Crippen LogP contribution in [0.3, 0.4) is 0 Å². The van der Waals surface area contributed by atoms with Gasteiger partial charge in [-0.15, -0.1) is 11.3 Å². The number of aryl methyl sites for hydroxylation is 1. The standard InChI is InChI=1S/C19H25NO2S/c1-16-6-8-17(9-7-16)22-12-10-20(14-18-4-2-11-21-18)15-19-5-3-13-23-19/h3,5-9,13,18H,2,4,10-12,14-15H2,1H3. The molecule has 1 atom stereocenters. The van der Waals surface area contributed by atoms with Crippen molar-refractivity contribution in [2.75, 3.05) is 26.3 Å². The van der Waals surface area contributed by atoms with E-state index in [0.29, 0.717) is 12.7 Å². The molecule has 2 aromatic rings. The summed E-state index contributed by atoms with van der Waals surface area (Å²) in [4.78, 5) is 3.86. The molecule has 124 valence electrons. The molecule has 0 bridgehead atoms. The molecule has 0 radical (unpaired) electrons. The smallest absolute Gasteiger partial charge is 0.119 e. The number of ether oxygens (including phenoxy) is 2. The van der Waals surface area contributed by atoms with Crippen molar-refractivity contribution in [2.24, 2.45) is 0 Å². The Balaban J connectivity index is 1.50. The molecule has 1 aliphatic rings. The Morgan fingerprint density at radius 3 is 2.83 bits per heavy atom. The van der Waals surface area contributed by atoms with E-state index in [9.17, 15) is 0 Å². The van der Waals surface area contributed by atoms with Crippen LogP contribution < -0.4 is 4.74 Å². The van der Waals surface area contributed by atoms with Crippen LogP contribution in [0.15, 0.2) is 41.8 Å². The van der Waals surface area contributed by atoms with E-state index in [1.807, 2.05) is 23.5 Å². The Hall–Kier alpha value is -1.36. The van der Waals surface area contributed by atoms with Gasteiger partial charge in [-0.3, -0.25) is 4.90 Å². The minimum Gasteiger partial charge on any atom is -0.492 e. The lowest BCUT2D eigenvalue weighted by atomic mass is 10.2. The zero-order valence-electron chi connectivity index (χ0n) is 13.7. The number of nitrogens with zero attached hydrogens (tertiary/aromatic N) is 1. The summed E-state index contributed by atoms with van der Waals surface area (Å²) in [5.74, 6) is 0.948. The lowest BCUT2D eigenvalue weighted by molar-refractivity contribution is 0.0657. The zero-order chi connectivity index (χ0) is 15.9. The van der Waals surface area contributed by atoms with Gasteiger partial charge in [0.15, 0.2) is 0 Å². The van der Waals surface area contributed by atoms with Gasteiger partial charge in [-0.25, -0.2) is 0 Å². The second kappa shape index (κ2) is 8.48. The first-order valence-corrected chi connectivity index (χ1v) is 9.23. The zero-order valence-corrected chi connectivity index (χ0v) is 14.6. The maximum absolute atomic E-state index is 5.90. The number of hydrogen-bond acceptors (Lipinski definition) is 4. The summed E-state index contributed by atoms with van der Waals surface area (Å²) in [6, 6.07) is 12.6. The molecule has 3 rings (SSSR count). The summed E-state index contributed by atoms with van der Waals surface area (Å²) in [7, 11) is 0. The minimum absolute atomic E-state index is 0.384. The van der Waals surface area contributed by atoms with E-state index in [-0.39, 0.29) is 0 Å². The van der Waals surface area contributed by atoms with E-state index in [2.05, 4.69) is 41.5 Å². The summed E-state index contributed by atoms with van der Waals surface area (Å²) in [6.07, 6.45) is 2.76. The van der Waals surface area contributed by atoms with Crippen LogP contribution >= 0.6 is 11.3 Å². The van der Waals surface area contributed by atoms with Gasteiger partial charge >= 0.3 is 0 Å². The summed E-state index contributed by atoms with van der Waals surface area (Å²) >= 11 is 1.82. The summed E-state index contributed by atoms with van der Waals surface area (Å²) in [5, 5.41) is 2.14. The van der Waals surface area contributed by atoms with E-state index in [1.54, 1.807) is 0 Å². The first-order valence-electron chi connectivity index (χ1n) is 8.35. The molecule has 0 N–H and O–H groups in total. The average molecular weight is 331 g/mol. The van der Waals surface area contributed by atoms with Crippen LogP contribution in [0.25, 0.3) is 0 Å². The predicted molar refractivity (Wildman–Crippen MR) is 95.2 cm³/mol. The number of thiophene rings is 1. The third-order valence-corrected chi connectivity index (χ3v) is 5.00. The Morgan fingerprint density at radius 2 is 2.13 bits per heavy atom.